The number of aliphatic hydroxyl groups is 1. The van der Waals surface area contributed by atoms with E-state index in [1.807, 2.05) is 52.8 Å². The number of benzene rings is 1. The fourth-order valence-corrected chi connectivity index (χ4v) is 1.88. The maximum Gasteiger partial charge on any atom is 0.166 e. The number of rotatable bonds is 3. The number of aliphatic hydroxyl groups excluding tert-OH is 1. The Morgan fingerprint density at radius 1 is 1.24 bits per heavy atom. The summed E-state index contributed by atoms with van der Waals surface area (Å²) < 4.78 is 0. The number of carbonyl (C=O) groups is 1. The molecule has 0 aromatic heterocycles. The van der Waals surface area contributed by atoms with Crippen molar-refractivity contribution in [2.24, 2.45) is 5.41 Å². The van der Waals surface area contributed by atoms with Gasteiger partial charge in [-0.05, 0) is 36.0 Å². The van der Waals surface area contributed by atoms with E-state index in [4.69, 9.17) is 0 Å². The first-order valence-corrected chi connectivity index (χ1v) is 5.99. The highest BCUT2D eigenvalue weighted by Crippen LogP contribution is 2.22. The van der Waals surface area contributed by atoms with Crippen LogP contribution in [0.2, 0.25) is 0 Å². The number of hydrogen-bond donors (Lipinski definition) is 1. The summed E-state index contributed by atoms with van der Waals surface area (Å²) in [5, 5.41) is 9.95. The molecular formula is C15H22O2. The molecule has 0 saturated carbocycles. The van der Waals surface area contributed by atoms with E-state index in [-0.39, 0.29) is 5.78 Å². The summed E-state index contributed by atoms with van der Waals surface area (Å²) in [5.74, 6) is -0.102. The van der Waals surface area contributed by atoms with Crippen molar-refractivity contribution in [1.29, 1.82) is 0 Å². The molecule has 0 aliphatic carbocycles. The Morgan fingerprint density at radius 3 is 2.12 bits per heavy atom. The Morgan fingerprint density at radius 2 is 1.71 bits per heavy atom. The third-order valence-corrected chi connectivity index (χ3v) is 3.12. The van der Waals surface area contributed by atoms with Gasteiger partial charge in [0.1, 0.15) is 6.10 Å². The average Bonchev–Trinajstić information content (AvgIpc) is 2.21. The van der Waals surface area contributed by atoms with Crippen LogP contribution in [0.15, 0.2) is 18.2 Å². The van der Waals surface area contributed by atoms with E-state index in [1.165, 1.54) is 0 Å². The molecule has 0 heterocycles. The van der Waals surface area contributed by atoms with Gasteiger partial charge in [0.2, 0.25) is 0 Å². The molecule has 0 saturated heterocycles. The van der Waals surface area contributed by atoms with Gasteiger partial charge >= 0.3 is 0 Å². The van der Waals surface area contributed by atoms with Gasteiger partial charge in [0.25, 0.3) is 0 Å². The summed E-state index contributed by atoms with van der Waals surface area (Å²) in [4.78, 5) is 12.0. The normalized spacial score (nSPS) is 13.5. The molecule has 0 spiro atoms. The molecule has 0 bridgehead atoms. The van der Waals surface area contributed by atoms with Gasteiger partial charge < -0.3 is 5.11 Å². The standard InChI is InChI=1S/C15H22O2/c1-10-7-6-8-11(2)12(10)9-13(16)14(17)15(3,4)5/h6-8,14,17H,9H2,1-5H3. The third-order valence-electron chi connectivity index (χ3n) is 3.12. The first kappa shape index (κ1) is 13.9. The van der Waals surface area contributed by atoms with Gasteiger partial charge in [0.05, 0.1) is 0 Å². The van der Waals surface area contributed by atoms with Gasteiger partial charge in [-0.25, -0.2) is 0 Å². The second-order valence-electron chi connectivity index (χ2n) is 5.78. The summed E-state index contributed by atoms with van der Waals surface area (Å²) in [6, 6.07) is 5.98. The van der Waals surface area contributed by atoms with Gasteiger partial charge in [0, 0.05) is 6.42 Å². The van der Waals surface area contributed by atoms with Crippen molar-refractivity contribution < 1.29 is 9.90 Å². The van der Waals surface area contributed by atoms with Crippen LogP contribution in [0.3, 0.4) is 0 Å². The van der Waals surface area contributed by atoms with Crippen molar-refractivity contribution in [3.05, 3.63) is 34.9 Å². The Kier molecular flexibility index (Phi) is 4.10. The zero-order valence-corrected chi connectivity index (χ0v) is 11.4. The lowest BCUT2D eigenvalue weighted by molar-refractivity contribution is -0.131. The van der Waals surface area contributed by atoms with E-state index < -0.39 is 11.5 Å². The van der Waals surface area contributed by atoms with Crippen molar-refractivity contribution in [3.8, 4) is 0 Å². The fourth-order valence-electron chi connectivity index (χ4n) is 1.88. The molecule has 1 atom stereocenters. The van der Waals surface area contributed by atoms with Crippen LogP contribution in [0.4, 0.5) is 0 Å². The molecule has 94 valence electrons. The predicted octanol–water partition coefficient (Wildman–Crippen LogP) is 2.82. The summed E-state index contributed by atoms with van der Waals surface area (Å²) in [7, 11) is 0. The highest BCUT2D eigenvalue weighted by atomic mass is 16.3. The minimum atomic E-state index is -0.901. The van der Waals surface area contributed by atoms with Gasteiger partial charge in [-0.1, -0.05) is 39.0 Å². The third kappa shape index (κ3) is 3.40. The van der Waals surface area contributed by atoms with Crippen LogP contribution in [0.25, 0.3) is 0 Å². The lowest BCUT2D eigenvalue weighted by Gasteiger charge is -2.25. The zero-order chi connectivity index (χ0) is 13.2. The van der Waals surface area contributed by atoms with Gasteiger partial charge in [-0.3, -0.25) is 4.79 Å². The summed E-state index contributed by atoms with van der Waals surface area (Å²) >= 11 is 0. The van der Waals surface area contributed by atoms with Crippen LogP contribution in [0, 0.1) is 19.3 Å². The molecule has 1 aromatic carbocycles. The van der Waals surface area contributed by atoms with Crippen LogP contribution < -0.4 is 0 Å². The number of ketones is 1. The second kappa shape index (κ2) is 5.01. The molecule has 0 fully saturated rings. The van der Waals surface area contributed by atoms with Gasteiger partial charge in [-0.2, -0.15) is 0 Å². The minimum Gasteiger partial charge on any atom is -0.385 e. The van der Waals surface area contributed by atoms with Crippen LogP contribution in [-0.2, 0) is 11.2 Å². The zero-order valence-electron chi connectivity index (χ0n) is 11.4. The van der Waals surface area contributed by atoms with E-state index in [9.17, 15) is 9.90 Å². The highest BCUT2D eigenvalue weighted by Gasteiger charge is 2.29. The molecule has 1 aromatic rings. The monoisotopic (exact) mass is 234 g/mol. The molecule has 0 aliphatic rings. The van der Waals surface area contributed by atoms with Gasteiger partial charge in [-0.15, -0.1) is 0 Å². The minimum absolute atomic E-state index is 0.102. The molecule has 2 heteroatoms. The Labute approximate surface area is 104 Å². The molecular weight excluding hydrogens is 212 g/mol. The lowest BCUT2D eigenvalue weighted by Crippen LogP contribution is -2.35. The van der Waals surface area contributed by atoms with Gasteiger partial charge in [0.15, 0.2) is 5.78 Å². The first-order valence-electron chi connectivity index (χ1n) is 5.99. The number of aryl methyl sites for hydroxylation is 2. The van der Waals surface area contributed by atoms with Crippen molar-refractivity contribution in [2.45, 2.75) is 47.1 Å². The number of Topliss-reactive ketones (excluding diaryl/α,β-unsaturated/α-hetero) is 1. The topological polar surface area (TPSA) is 37.3 Å². The summed E-state index contributed by atoms with van der Waals surface area (Å²) in [6.45, 7) is 9.62. The molecule has 0 aliphatic heterocycles. The van der Waals surface area contributed by atoms with E-state index in [2.05, 4.69) is 0 Å². The van der Waals surface area contributed by atoms with Crippen molar-refractivity contribution >= 4 is 5.78 Å². The molecule has 0 amide bonds. The second-order valence-corrected chi connectivity index (χ2v) is 5.78. The maximum absolute atomic E-state index is 12.0. The smallest absolute Gasteiger partial charge is 0.166 e. The van der Waals surface area contributed by atoms with Crippen molar-refractivity contribution in [2.75, 3.05) is 0 Å². The van der Waals surface area contributed by atoms with Crippen LogP contribution >= 0.6 is 0 Å². The average molecular weight is 234 g/mol. The van der Waals surface area contributed by atoms with Crippen LogP contribution in [-0.4, -0.2) is 17.0 Å². The van der Waals surface area contributed by atoms with E-state index in [1.54, 1.807) is 0 Å². The number of carbonyl (C=O) groups excluding carboxylic acids is 1. The summed E-state index contributed by atoms with van der Waals surface area (Å²) in [5.41, 5.74) is 2.87. The van der Waals surface area contributed by atoms with Crippen molar-refractivity contribution in [3.63, 3.8) is 0 Å². The van der Waals surface area contributed by atoms with E-state index >= 15 is 0 Å². The Bertz CT molecular complexity index is 393. The largest absolute Gasteiger partial charge is 0.385 e. The predicted molar refractivity (Wildman–Crippen MR) is 70.1 cm³/mol. The highest BCUT2D eigenvalue weighted by molar-refractivity contribution is 5.86. The Balaban J connectivity index is 2.89. The van der Waals surface area contributed by atoms with Crippen LogP contribution in [0.5, 0.6) is 0 Å². The van der Waals surface area contributed by atoms with Crippen LogP contribution in [0.1, 0.15) is 37.5 Å². The maximum atomic E-state index is 12.0. The van der Waals surface area contributed by atoms with E-state index in [0.717, 1.165) is 16.7 Å². The number of hydrogen-bond acceptors (Lipinski definition) is 2. The molecule has 1 rings (SSSR count). The fraction of sp³-hybridized carbons (Fsp3) is 0.533. The molecule has 2 nitrogen and oxygen atoms in total. The SMILES string of the molecule is Cc1cccc(C)c1CC(=O)C(O)C(C)(C)C. The summed E-state index contributed by atoms with van der Waals surface area (Å²) in [6.07, 6.45) is -0.585. The first-order chi connectivity index (χ1) is 7.73. The van der Waals surface area contributed by atoms with E-state index in [0.29, 0.717) is 6.42 Å². The lowest BCUT2D eigenvalue weighted by atomic mass is 9.84. The molecule has 1 unspecified atom stereocenters. The van der Waals surface area contributed by atoms with Crippen molar-refractivity contribution in [1.82, 2.24) is 0 Å². The Hall–Kier alpha value is -1.15. The molecule has 17 heavy (non-hydrogen) atoms. The quantitative estimate of drug-likeness (QED) is 0.873. The molecule has 1 N–H and O–H groups in total. The molecule has 0 radical (unpaired) electrons.